The molecule has 0 aliphatic carbocycles. The zero-order valence-electron chi connectivity index (χ0n) is 21.9. The Morgan fingerprint density at radius 2 is 1.82 bits per heavy atom. The predicted octanol–water partition coefficient (Wildman–Crippen LogP) is 4.42. The van der Waals surface area contributed by atoms with Crippen molar-refractivity contribution in [3.8, 4) is 17.2 Å². The van der Waals surface area contributed by atoms with Gasteiger partial charge >= 0.3 is 6.03 Å². The minimum atomic E-state index is -0.431. The number of methoxy groups -OCH3 is 1. The Bertz CT molecular complexity index is 1240. The van der Waals surface area contributed by atoms with E-state index in [0.29, 0.717) is 41.8 Å². The molecule has 0 saturated carbocycles. The standard InChI is InChI=1S/C28H33N3O7/c1-4-35-24-8-6-5-7-23(24)29-28(33)30(13-14-34-3)18-27(32)31(17-22-11-9-20(2)38-22)16-21-10-12-25-26(15-21)37-19-36-25/h5-12,15H,4,13-14,16-19H2,1-3H3,(H,29,33). The average molecular weight is 524 g/mol. The van der Waals surface area contributed by atoms with Crippen molar-refractivity contribution in [3.63, 3.8) is 0 Å². The van der Waals surface area contributed by atoms with Crippen molar-refractivity contribution in [1.82, 2.24) is 9.80 Å². The predicted molar refractivity (Wildman–Crippen MR) is 140 cm³/mol. The quantitative estimate of drug-likeness (QED) is 0.375. The van der Waals surface area contributed by atoms with E-state index < -0.39 is 6.03 Å². The number of ether oxygens (including phenoxy) is 4. The van der Waals surface area contributed by atoms with E-state index in [1.54, 1.807) is 30.2 Å². The normalized spacial score (nSPS) is 11.8. The van der Waals surface area contributed by atoms with Crippen molar-refractivity contribution in [3.05, 3.63) is 71.7 Å². The van der Waals surface area contributed by atoms with Gasteiger partial charge in [0.1, 0.15) is 23.8 Å². The summed E-state index contributed by atoms with van der Waals surface area (Å²) < 4.78 is 27.5. The summed E-state index contributed by atoms with van der Waals surface area (Å²) in [6.07, 6.45) is 0. The molecule has 2 aromatic carbocycles. The molecule has 0 bridgehead atoms. The number of furan rings is 1. The monoisotopic (exact) mass is 523 g/mol. The first-order valence-corrected chi connectivity index (χ1v) is 12.4. The Morgan fingerprint density at radius 3 is 2.58 bits per heavy atom. The number of urea groups is 1. The number of carbonyl (C=O) groups is 2. The highest BCUT2D eigenvalue weighted by atomic mass is 16.7. The molecule has 3 aromatic rings. The fraction of sp³-hybridized carbons (Fsp3) is 0.357. The average Bonchev–Trinajstić information content (AvgIpc) is 3.55. The minimum absolute atomic E-state index is 0.157. The lowest BCUT2D eigenvalue weighted by molar-refractivity contribution is -0.133. The molecular formula is C28H33N3O7. The first-order chi connectivity index (χ1) is 18.5. The lowest BCUT2D eigenvalue weighted by Crippen LogP contribution is -2.45. The number of hydrogen-bond acceptors (Lipinski definition) is 7. The van der Waals surface area contributed by atoms with Crippen LogP contribution in [0.5, 0.6) is 17.2 Å². The van der Waals surface area contributed by atoms with Crippen molar-refractivity contribution in [2.75, 3.05) is 45.5 Å². The van der Waals surface area contributed by atoms with Crippen LogP contribution in [0.25, 0.3) is 0 Å². The number of fused-ring (bicyclic) bond motifs is 1. The third-order valence-corrected chi connectivity index (χ3v) is 5.91. The molecule has 1 aliphatic rings. The van der Waals surface area contributed by atoms with Crippen LogP contribution in [0, 0.1) is 6.92 Å². The lowest BCUT2D eigenvalue weighted by atomic mass is 10.2. The topological polar surface area (TPSA) is 103 Å². The summed E-state index contributed by atoms with van der Waals surface area (Å²) >= 11 is 0. The number of nitrogens with one attached hydrogen (secondary N) is 1. The molecule has 0 atom stereocenters. The van der Waals surface area contributed by atoms with E-state index in [9.17, 15) is 9.59 Å². The molecule has 1 aliphatic heterocycles. The number of para-hydroxylation sites is 2. The van der Waals surface area contributed by atoms with Crippen LogP contribution in [-0.2, 0) is 22.6 Å². The third kappa shape index (κ3) is 6.98. The second kappa shape index (κ2) is 12.9. The highest BCUT2D eigenvalue weighted by molar-refractivity contribution is 5.93. The number of aryl methyl sites for hydroxylation is 1. The van der Waals surface area contributed by atoms with Gasteiger partial charge in [0.25, 0.3) is 0 Å². The molecule has 2 heterocycles. The van der Waals surface area contributed by atoms with Crippen LogP contribution in [0.4, 0.5) is 10.5 Å². The number of carbonyl (C=O) groups excluding carboxylic acids is 2. The summed E-state index contributed by atoms with van der Waals surface area (Å²) in [5.41, 5.74) is 1.39. The maximum Gasteiger partial charge on any atom is 0.322 e. The van der Waals surface area contributed by atoms with Crippen molar-refractivity contribution in [1.29, 1.82) is 0 Å². The van der Waals surface area contributed by atoms with Crippen molar-refractivity contribution < 1.29 is 33.0 Å². The maximum atomic E-state index is 13.6. The van der Waals surface area contributed by atoms with Crippen LogP contribution in [0.2, 0.25) is 0 Å². The number of hydrogen-bond donors (Lipinski definition) is 1. The van der Waals surface area contributed by atoms with E-state index in [1.807, 2.05) is 50.2 Å². The smallest absolute Gasteiger partial charge is 0.322 e. The van der Waals surface area contributed by atoms with Gasteiger partial charge in [-0.05, 0) is 55.8 Å². The minimum Gasteiger partial charge on any atom is -0.492 e. The molecule has 10 heteroatoms. The second-order valence-corrected chi connectivity index (χ2v) is 8.72. The van der Waals surface area contributed by atoms with E-state index in [1.165, 1.54) is 4.90 Å². The fourth-order valence-corrected chi connectivity index (χ4v) is 4.01. The fourth-order valence-electron chi connectivity index (χ4n) is 4.01. The van der Waals surface area contributed by atoms with Gasteiger partial charge in [-0.25, -0.2) is 4.79 Å². The van der Waals surface area contributed by atoms with E-state index in [-0.39, 0.29) is 38.9 Å². The highest BCUT2D eigenvalue weighted by Crippen LogP contribution is 2.33. The molecule has 0 radical (unpaired) electrons. The molecule has 4 rings (SSSR count). The Kier molecular flexibility index (Phi) is 9.10. The van der Waals surface area contributed by atoms with Gasteiger partial charge in [-0.2, -0.15) is 0 Å². The first-order valence-electron chi connectivity index (χ1n) is 12.4. The van der Waals surface area contributed by atoms with E-state index in [4.69, 9.17) is 23.4 Å². The maximum absolute atomic E-state index is 13.6. The summed E-state index contributed by atoms with van der Waals surface area (Å²) in [7, 11) is 1.55. The molecule has 202 valence electrons. The molecule has 0 fully saturated rings. The van der Waals surface area contributed by atoms with Crippen LogP contribution in [0.1, 0.15) is 24.0 Å². The van der Waals surface area contributed by atoms with Crippen molar-refractivity contribution in [2.45, 2.75) is 26.9 Å². The Morgan fingerprint density at radius 1 is 1.00 bits per heavy atom. The van der Waals surface area contributed by atoms with E-state index in [2.05, 4.69) is 5.32 Å². The van der Waals surface area contributed by atoms with Gasteiger partial charge < -0.3 is 38.5 Å². The number of amides is 3. The summed E-state index contributed by atoms with van der Waals surface area (Å²) in [6.45, 7) is 5.23. The van der Waals surface area contributed by atoms with Crippen LogP contribution in [-0.4, -0.2) is 61.9 Å². The van der Waals surface area contributed by atoms with Crippen molar-refractivity contribution >= 4 is 17.6 Å². The molecule has 1 aromatic heterocycles. The zero-order valence-corrected chi connectivity index (χ0v) is 21.9. The van der Waals surface area contributed by atoms with Gasteiger partial charge in [-0.15, -0.1) is 0 Å². The molecule has 0 unspecified atom stereocenters. The summed E-state index contributed by atoms with van der Waals surface area (Å²) in [5, 5.41) is 2.87. The van der Waals surface area contributed by atoms with Crippen LogP contribution in [0.15, 0.2) is 59.0 Å². The lowest BCUT2D eigenvalue weighted by Gasteiger charge is -2.27. The second-order valence-electron chi connectivity index (χ2n) is 8.72. The molecule has 38 heavy (non-hydrogen) atoms. The molecule has 10 nitrogen and oxygen atoms in total. The van der Waals surface area contributed by atoms with Crippen molar-refractivity contribution in [2.24, 2.45) is 0 Å². The Balaban J connectivity index is 1.52. The van der Waals surface area contributed by atoms with Crippen LogP contribution in [0.3, 0.4) is 0 Å². The number of rotatable bonds is 12. The SMILES string of the molecule is CCOc1ccccc1NC(=O)N(CCOC)CC(=O)N(Cc1ccc2c(c1)OCO2)Cc1ccc(C)o1. The number of anilines is 1. The molecular weight excluding hydrogens is 490 g/mol. The molecule has 0 spiro atoms. The summed E-state index contributed by atoms with van der Waals surface area (Å²) in [6, 6.07) is 16.0. The van der Waals surface area contributed by atoms with Gasteiger partial charge in [0, 0.05) is 20.2 Å². The zero-order chi connectivity index (χ0) is 26.9. The Labute approximate surface area is 222 Å². The summed E-state index contributed by atoms with van der Waals surface area (Å²) in [4.78, 5) is 30.0. The van der Waals surface area contributed by atoms with Gasteiger partial charge in [0.15, 0.2) is 11.5 Å². The number of benzene rings is 2. The van der Waals surface area contributed by atoms with Gasteiger partial charge in [-0.3, -0.25) is 4.79 Å². The third-order valence-electron chi connectivity index (χ3n) is 5.91. The van der Waals surface area contributed by atoms with Crippen LogP contribution < -0.4 is 19.5 Å². The van der Waals surface area contributed by atoms with Gasteiger partial charge in [-0.1, -0.05) is 18.2 Å². The Hall–Kier alpha value is -4.18. The highest BCUT2D eigenvalue weighted by Gasteiger charge is 2.24. The van der Waals surface area contributed by atoms with E-state index in [0.717, 1.165) is 11.3 Å². The first kappa shape index (κ1) is 26.9. The molecule has 0 saturated heterocycles. The summed E-state index contributed by atoms with van der Waals surface area (Å²) in [5.74, 6) is 3.01. The number of nitrogens with zero attached hydrogens (tertiary/aromatic N) is 2. The van der Waals surface area contributed by atoms with E-state index >= 15 is 0 Å². The van der Waals surface area contributed by atoms with Gasteiger partial charge in [0.2, 0.25) is 12.7 Å². The largest absolute Gasteiger partial charge is 0.492 e. The molecule has 1 N–H and O–H groups in total. The van der Waals surface area contributed by atoms with Gasteiger partial charge in [0.05, 0.1) is 25.4 Å². The van der Waals surface area contributed by atoms with Crippen LogP contribution >= 0.6 is 0 Å². The molecule has 3 amide bonds.